The Morgan fingerprint density at radius 1 is 1.35 bits per heavy atom. The van der Waals surface area contributed by atoms with Crippen molar-refractivity contribution in [2.24, 2.45) is 5.92 Å². The van der Waals surface area contributed by atoms with Crippen LogP contribution in [0, 0.1) is 5.92 Å². The van der Waals surface area contributed by atoms with E-state index >= 15 is 0 Å². The molecule has 17 heavy (non-hydrogen) atoms. The molecule has 94 valence electrons. The summed E-state index contributed by atoms with van der Waals surface area (Å²) >= 11 is 3.00. The molecule has 3 nitrogen and oxygen atoms in total. The van der Waals surface area contributed by atoms with E-state index in [-0.39, 0.29) is 10.5 Å². The SMILES string of the molecule is FC(F)(F)c1nn2c(c1Br)NCC1CCCC12. The van der Waals surface area contributed by atoms with E-state index in [4.69, 9.17) is 0 Å². The zero-order valence-electron chi connectivity index (χ0n) is 8.89. The first kappa shape index (κ1) is 11.4. The molecule has 1 fully saturated rings. The molecule has 0 aromatic carbocycles. The molecule has 1 saturated carbocycles. The van der Waals surface area contributed by atoms with Crippen LogP contribution in [0.3, 0.4) is 0 Å². The van der Waals surface area contributed by atoms with E-state index in [9.17, 15) is 13.2 Å². The van der Waals surface area contributed by atoms with Gasteiger partial charge in [0.05, 0.1) is 10.5 Å². The van der Waals surface area contributed by atoms with Crippen LogP contribution in [0.2, 0.25) is 0 Å². The highest BCUT2D eigenvalue weighted by molar-refractivity contribution is 9.10. The van der Waals surface area contributed by atoms with Gasteiger partial charge in [-0.15, -0.1) is 0 Å². The van der Waals surface area contributed by atoms with Gasteiger partial charge in [-0.1, -0.05) is 6.42 Å². The average Bonchev–Trinajstić information content (AvgIpc) is 2.80. The van der Waals surface area contributed by atoms with Crippen molar-refractivity contribution in [3.63, 3.8) is 0 Å². The summed E-state index contributed by atoms with van der Waals surface area (Å²) < 4.78 is 39.8. The van der Waals surface area contributed by atoms with Crippen molar-refractivity contribution in [1.29, 1.82) is 0 Å². The predicted octanol–water partition coefficient (Wildman–Crippen LogP) is 3.43. The van der Waals surface area contributed by atoms with Gasteiger partial charge in [0.25, 0.3) is 0 Å². The van der Waals surface area contributed by atoms with Gasteiger partial charge in [-0.2, -0.15) is 18.3 Å². The number of halogens is 4. The normalized spacial score (nSPS) is 27.5. The number of hydrogen-bond acceptors (Lipinski definition) is 2. The van der Waals surface area contributed by atoms with Gasteiger partial charge in [0.1, 0.15) is 5.82 Å². The number of fused-ring (bicyclic) bond motifs is 3. The van der Waals surface area contributed by atoms with Crippen molar-refractivity contribution in [2.45, 2.75) is 31.5 Å². The van der Waals surface area contributed by atoms with E-state index in [1.54, 1.807) is 0 Å². The van der Waals surface area contributed by atoms with Gasteiger partial charge in [-0.05, 0) is 34.7 Å². The van der Waals surface area contributed by atoms with Crippen LogP contribution < -0.4 is 5.32 Å². The maximum absolute atomic E-state index is 12.7. The Morgan fingerprint density at radius 2 is 2.12 bits per heavy atom. The molecule has 0 bridgehead atoms. The number of hydrogen-bond donors (Lipinski definition) is 1. The minimum atomic E-state index is -4.40. The van der Waals surface area contributed by atoms with Crippen molar-refractivity contribution >= 4 is 21.7 Å². The second-order valence-electron chi connectivity index (χ2n) is 4.59. The molecule has 1 N–H and O–H groups in total. The number of rotatable bonds is 0. The predicted molar refractivity (Wildman–Crippen MR) is 59.8 cm³/mol. The summed E-state index contributed by atoms with van der Waals surface area (Å²) in [6.45, 7) is 0.742. The quantitative estimate of drug-likeness (QED) is 0.795. The average molecular weight is 310 g/mol. The topological polar surface area (TPSA) is 29.9 Å². The second kappa shape index (κ2) is 3.63. The van der Waals surface area contributed by atoms with Crippen LogP contribution in [0.15, 0.2) is 4.47 Å². The smallest absolute Gasteiger partial charge is 0.369 e. The van der Waals surface area contributed by atoms with Crippen molar-refractivity contribution in [2.75, 3.05) is 11.9 Å². The van der Waals surface area contributed by atoms with E-state index in [1.807, 2.05) is 0 Å². The Hall–Kier alpha value is -0.720. The minimum absolute atomic E-state index is 0.0374. The Balaban J connectivity index is 2.08. The first-order valence-corrected chi connectivity index (χ1v) is 6.37. The molecule has 0 amide bonds. The highest BCUT2D eigenvalue weighted by Crippen LogP contribution is 2.46. The molecule has 2 heterocycles. The molecule has 1 aliphatic carbocycles. The van der Waals surface area contributed by atoms with Crippen LogP contribution in [-0.2, 0) is 6.18 Å². The van der Waals surface area contributed by atoms with Crippen LogP contribution in [-0.4, -0.2) is 16.3 Å². The van der Waals surface area contributed by atoms with Gasteiger partial charge in [0.15, 0.2) is 5.69 Å². The fourth-order valence-electron chi connectivity index (χ4n) is 2.80. The third-order valence-electron chi connectivity index (χ3n) is 3.59. The largest absolute Gasteiger partial charge is 0.436 e. The highest BCUT2D eigenvalue weighted by atomic mass is 79.9. The van der Waals surface area contributed by atoms with E-state index in [1.165, 1.54) is 4.68 Å². The summed E-state index contributed by atoms with van der Waals surface area (Å²) in [6, 6.07) is 0.124. The minimum Gasteiger partial charge on any atom is -0.369 e. The third kappa shape index (κ3) is 1.66. The molecule has 2 atom stereocenters. The molecule has 1 aromatic heterocycles. The monoisotopic (exact) mass is 309 g/mol. The van der Waals surface area contributed by atoms with Gasteiger partial charge < -0.3 is 5.32 Å². The molecular weight excluding hydrogens is 299 g/mol. The molecular formula is C10H11BrF3N3. The maximum Gasteiger partial charge on any atom is 0.436 e. The summed E-state index contributed by atoms with van der Waals surface area (Å²) in [5.74, 6) is 0.885. The zero-order chi connectivity index (χ0) is 12.2. The lowest BCUT2D eigenvalue weighted by atomic mass is 10.0. The van der Waals surface area contributed by atoms with Crippen LogP contribution in [0.25, 0.3) is 0 Å². The molecule has 0 saturated heterocycles. The summed E-state index contributed by atoms with van der Waals surface area (Å²) in [5, 5.41) is 6.79. The molecule has 1 aliphatic heterocycles. The Morgan fingerprint density at radius 3 is 2.82 bits per heavy atom. The molecule has 2 aliphatic rings. The first-order chi connectivity index (χ1) is 7.98. The Kier molecular flexibility index (Phi) is 2.43. The lowest BCUT2D eigenvalue weighted by Gasteiger charge is -2.28. The van der Waals surface area contributed by atoms with Crippen molar-refractivity contribution < 1.29 is 13.2 Å². The van der Waals surface area contributed by atoms with Gasteiger partial charge in [-0.3, -0.25) is 0 Å². The lowest BCUT2D eigenvalue weighted by Crippen LogP contribution is -2.29. The standard InChI is InChI=1S/C10H11BrF3N3/c11-7-8(10(12,13)14)16-17-6-3-1-2-5(6)4-15-9(7)17/h5-6,15H,1-4H2. The molecule has 0 spiro atoms. The molecule has 2 unspecified atom stereocenters. The molecule has 1 aromatic rings. The van der Waals surface area contributed by atoms with E-state index in [0.29, 0.717) is 11.7 Å². The number of anilines is 1. The number of aromatic nitrogens is 2. The van der Waals surface area contributed by atoms with Crippen molar-refractivity contribution in [3.05, 3.63) is 10.2 Å². The summed E-state index contributed by atoms with van der Waals surface area (Å²) in [7, 11) is 0. The fraction of sp³-hybridized carbons (Fsp3) is 0.700. The van der Waals surface area contributed by atoms with Crippen LogP contribution in [0.4, 0.5) is 19.0 Å². The van der Waals surface area contributed by atoms with E-state index in [0.717, 1.165) is 25.8 Å². The Bertz CT molecular complexity index is 454. The van der Waals surface area contributed by atoms with E-state index < -0.39 is 11.9 Å². The summed E-state index contributed by atoms with van der Waals surface area (Å²) in [6.07, 6.45) is -1.35. The third-order valence-corrected chi connectivity index (χ3v) is 4.34. The summed E-state index contributed by atoms with van der Waals surface area (Å²) in [5.41, 5.74) is -0.826. The zero-order valence-corrected chi connectivity index (χ0v) is 10.5. The van der Waals surface area contributed by atoms with Gasteiger partial charge >= 0.3 is 6.18 Å². The highest BCUT2D eigenvalue weighted by Gasteiger charge is 2.42. The van der Waals surface area contributed by atoms with Crippen molar-refractivity contribution in [3.8, 4) is 0 Å². The molecule has 3 rings (SSSR count). The lowest BCUT2D eigenvalue weighted by molar-refractivity contribution is -0.142. The van der Waals surface area contributed by atoms with Gasteiger partial charge in [-0.25, -0.2) is 4.68 Å². The maximum atomic E-state index is 12.7. The molecule has 0 radical (unpaired) electrons. The number of alkyl halides is 3. The van der Waals surface area contributed by atoms with Crippen molar-refractivity contribution in [1.82, 2.24) is 9.78 Å². The van der Waals surface area contributed by atoms with Crippen LogP contribution >= 0.6 is 15.9 Å². The number of nitrogens with zero attached hydrogens (tertiary/aromatic N) is 2. The second-order valence-corrected chi connectivity index (χ2v) is 5.39. The molecule has 7 heteroatoms. The van der Waals surface area contributed by atoms with Crippen LogP contribution in [0.5, 0.6) is 0 Å². The first-order valence-electron chi connectivity index (χ1n) is 5.57. The van der Waals surface area contributed by atoms with Crippen LogP contribution in [0.1, 0.15) is 31.0 Å². The number of nitrogens with one attached hydrogen (secondary N) is 1. The van der Waals surface area contributed by atoms with Gasteiger partial charge in [0, 0.05) is 6.54 Å². The summed E-state index contributed by atoms with van der Waals surface area (Å²) in [4.78, 5) is 0. The van der Waals surface area contributed by atoms with E-state index in [2.05, 4.69) is 26.3 Å². The fourth-order valence-corrected chi connectivity index (χ4v) is 3.43. The van der Waals surface area contributed by atoms with Gasteiger partial charge in [0.2, 0.25) is 0 Å². The Labute approximate surface area is 104 Å².